The molecule has 0 aromatic heterocycles. The van der Waals surface area contributed by atoms with Crippen LogP contribution in [0.1, 0.15) is 19.4 Å². The lowest BCUT2D eigenvalue weighted by Gasteiger charge is -2.28. The number of hydrogen-bond acceptors (Lipinski definition) is 5. The van der Waals surface area contributed by atoms with Gasteiger partial charge in [0.1, 0.15) is 18.3 Å². The number of fused-ring (bicyclic) bond motifs is 1. The van der Waals surface area contributed by atoms with Crippen molar-refractivity contribution in [2.75, 3.05) is 13.1 Å². The van der Waals surface area contributed by atoms with Gasteiger partial charge in [-0.3, -0.25) is 0 Å². The molecule has 0 amide bonds. The maximum absolute atomic E-state index is 6.26. The van der Waals surface area contributed by atoms with Gasteiger partial charge in [-0.25, -0.2) is 0 Å². The summed E-state index contributed by atoms with van der Waals surface area (Å²) in [5, 5.41) is 3.32. The molecule has 0 spiro atoms. The summed E-state index contributed by atoms with van der Waals surface area (Å²) in [7, 11) is 0. The van der Waals surface area contributed by atoms with Crippen LogP contribution in [0.15, 0.2) is 30.3 Å². The predicted octanol–water partition coefficient (Wildman–Crippen LogP) is 1.02. The first-order valence-electron chi connectivity index (χ1n) is 7.53. The molecule has 2 aliphatic rings. The van der Waals surface area contributed by atoms with Gasteiger partial charge in [-0.15, -0.1) is 0 Å². The molecule has 0 radical (unpaired) electrons. The van der Waals surface area contributed by atoms with E-state index in [-0.39, 0.29) is 24.4 Å². The number of ether oxygens (including phenoxy) is 3. The van der Waals surface area contributed by atoms with E-state index in [1.54, 1.807) is 0 Å². The van der Waals surface area contributed by atoms with Gasteiger partial charge in [0.25, 0.3) is 0 Å². The van der Waals surface area contributed by atoms with Crippen molar-refractivity contribution < 1.29 is 14.2 Å². The van der Waals surface area contributed by atoms with E-state index in [2.05, 4.69) is 5.32 Å². The Morgan fingerprint density at radius 2 is 2.00 bits per heavy atom. The SMILES string of the molecule is CC1(C)O[C@H]2[C@H](OCc3ccccc3)[C@@H](N)CNC[C@@H]2O1. The summed E-state index contributed by atoms with van der Waals surface area (Å²) in [6.45, 7) is 5.85. The Morgan fingerprint density at radius 1 is 1.24 bits per heavy atom. The summed E-state index contributed by atoms with van der Waals surface area (Å²) in [5.74, 6) is -0.581. The minimum absolute atomic E-state index is 0.0191. The molecule has 1 aromatic carbocycles. The molecule has 2 fully saturated rings. The average molecular weight is 292 g/mol. The normalized spacial score (nSPS) is 35.2. The summed E-state index contributed by atoms with van der Waals surface area (Å²) < 4.78 is 18.1. The fraction of sp³-hybridized carbons (Fsp3) is 0.625. The van der Waals surface area contributed by atoms with Gasteiger partial charge >= 0.3 is 0 Å². The van der Waals surface area contributed by atoms with Crippen molar-refractivity contribution in [3.63, 3.8) is 0 Å². The predicted molar refractivity (Wildman–Crippen MR) is 79.7 cm³/mol. The summed E-state index contributed by atoms with van der Waals surface area (Å²) in [4.78, 5) is 0. The van der Waals surface area contributed by atoms with Crippen LogP contribution in [0.2, 0.25) is 0 Å². The highest BCUT2D eigenvalue weighted by atomic mass is 16.8. The van der Waals surface area contributed by atoms with E-state index in [9.17, 15) is 0 Å². The van der Waals surface area contributed by atoms with Gasteiger partial charge in [0.05, 0.1) is 6.61 Å². The summed E-state index contributed by atoms with van der Waals surface area (Å²) in [6, 6.07) is 10.0. The molecular formula is C16H24N2O3. The maximum Gasteiger partial charge on any atom is 0.163 e. The number of nitrogens with two attached hydrogens (primary N) is 1. The van der Waals surface area contributed by atoms with Crippen LogP contribution in [-0.4, -0.2) is 43.2 Å². The molecule has 2 saturated heterocycles. The van der Waals surface area contributed by atoms with Crippen molar-refractivity contribution in [1.82, 2.24) is 5.32 Å². The summed E-state index contributed by atoms with van der Waals surface area (Å²) in [6.07, 6.45) is -0.324. The fourth-order valence-electron chi connectivity index (χ4n) is 3.04. The van der Waals surface area contributed by atoms with Crippen LogP contribution >= 0.6 is 0 Å². The molecule has 2 aliphatic heterocycles. The molecule has 0 unspecified atom stereocenters. The minimum Gasteiger partial charge on any atom is -0.369 e. The highest BCUT2D eigenvalue weighted by Crippen LogP contribution is 2.32. The van der Waals surface area contributed by atoms with Crippen LogP contribution in [0.5, 0.6) is 0 Å². The van der Waals surface area contributed by atoms with E-state index in [1.165, 1.54) is 0 Å². The fourth-order valence-corrected chi connectivity index (χ4v) is 3.04. The van der Waals surface area contributed by atoms with E-state index in [4.69, 9.17) is 19.9 Å². The Labute approximate surface area is 125 Å². The van der Waals surface area contributed by atoms with Crippen LogP contribution in [-0.2, 0) is 20.8 Å². The third kappa shape index (κ3) is 3.44. The molecule has 3 N–H and O–H groups in total. The second kappa shape index (κ2) is 6.02. The minimum atomic E-state index is -0.581. The van der Waals surface area contributed by atoms with Crippen molar-refractivity contribution >= 4 is 0 Å². The van der Waals surface area contributed by atoms with Gasteiger partial charge in [0.15, 0.2) is 5.79 Å². The third-order valence-corrected chi connectivity index (χ3v) is 3.98. The first kappa shape index (κ1) is 14.9. The van der Waals surface area contributed by atoms with Crippen LogP contribution < -0.4 is 11.1 Å². The third-order valence-electron chi connectivity index (χ3n) is 3.98. The molecule has 2 heterocycles. The molecule has 5 nitrogen and oxygen atoms in total. The Kier molecular flexibility index (Phi) is 4.28. The maximum atomic E-state index is 6.26. The van der Waals surface area contributed by atoms with Gasteiger partial charge in [-0.05, 0) is 19.4 Å². The van der Waals surface area contributed by atoms with E-state index >= 15 is 0 Å². The Morgan fingerprint density at radius 3 is 2.76 bits per heavy atom. The highest BCUT2D eigenvalue weighted by Gasteiger charge is 2.48. The lowest BCUT2D eigenvalue weighted by molar-refractivity contribution is -0.163. The second-order valence-corrected chi connectivity index (χ2v) is 6.22. The van der Waals surface area contributed by atoms with E-state index in [0.717, 1.165) is 12.1 Å². The summed E-state index contributed by atoms with van der Waals surface area (Å²) >= 11 is 0. The lowest BCUT2D eigenvalue weighted by atomic mass is 10.0. The molecule has 3 rings (SSSR count). The largest absolute Gasteiger partial charge is 0.369 e. The standard InChI is InChI=1S/C16H24N2O3/c1-16(2)20-13-9-18-8-12(17)14(15(13)21-16)19-10-11-6-4-3-5-7-11/h3-7,12-15,18H,8-10,17H2,1-2H3/t12-,13-,14+,15+/m0/s1. The molecule has 21 heavy (non-hydrogen) atoms. The zero-order valence-electron chi connectivity index (χ0n) is 12.6. The van der Waals surface area contributed by atoms with Crippen molar-refractivity contribution in [1.29, 1.82) is 0 Å². The van der Waals surface area contributed by atoms with Crippen LogP contribution in [0.25, 0.3) is 0 Å². The highest BCUT2D eigenvalue weighted by molar-refractivity contribution is 5.13. The van der Waals surface area contributed by atoms with Crippen molar-refractivity contribution in [2.24, 2.45) is 5.73 Å². The Balaban J connectivity index is 1.71. The van der Waals surface area contributed by atoms with Crippen molar-refractivity contribution in [3.8, 4) is 0 Å². The van der Waals surface area contributed by atoms with Gasteiger partial charge < -0.3 is 25.3 Å². The van der Waals surface area contributed by atoms with Crippen molar-refractivity contribution in [2.45, 2.75) is 50.6 Å². The molecule has 0 aliphatic carbocycles. The quantitative estimate of drug-likeness (QED) is 0.871. The van der Waals surface area contributed by atoms with E-state index < -0.39 is 5.79 Å². The first-order chi connectivity index (χ1) is 10.1. The second-order valence-electron chi connectivity index (χ2n) is 6.22. The van der Waals surface area contributed by atoms with Crippen LogP contribution in [0, 0.1) is 0 Å². The lowest BCUT2D eigenvalue weighted by Crippen LogP contribution is -2.49. The number of benzene rings is 1. The Hall–Kier alpha value is -0.980. The molecule has 4 atom stereocenters. The van der Waals surface area contributed by atoms with Gasteiger partial charge in [-0.2, -0.15) is 0 Å². The number of hydrogen-bond donors (Lipinski definition) is 2. The van der Waals surface area contributed by atoms with Gasteiger partial charge in [0.2, 0.25) is 0 Å². The average Bonchev–Trinajstić information content (AvgIpc) is 2.68. The van der Waals surface area contributed by atoms with Crippen LogP contribution in [0.3, 0.4) is 0 Å². The van der Waals surface area contributed by atoms with Crippen molar-refractivity contribution in [3.05, 3.63) is 35.9 Å². The Bertz CT molecular complexity index is 466. The molecule has 0 saturated carbocycles. The number of nitrogens with one attached hydrogen (secondary N) is 1. The molecule has 116 valence electrons. The zero-order chi connectivity index (χ0) is 14.9. The van der Waals surface area contributed by atoms with Crippen LogP contribution in [0.4, 0.5) is 0 Å². The topological polar surface area (TPSA) is 65.7 Å². The first-order valence-corrected chi connectivity index (χ1v) is 7.53. The molecular weight excluding hydrogens is 268 g/mol. The smallest absolute Gasteiger partial charge is 0.163 e. The van der Waals surface area contributed by atoms with E-state index in [1.807, 2.05) is 44.2 Å². The van der Waals surface area contributed by atoms with Gasteiger partial charge in [-0.1, -0.05) is 30.3 Å². The van der Waals surface area contributed by atoms with E-state index in [0.29, 0.717) is 13.2 Å². The summed E-state index contributed by atoms with van der Waals surface area (Å²) in [5.41, 5.74) is 7.40. The molecule has 0 bridgehead atoms. The number of rotatable bonds is 3. The van der Waals surface area contributed by atoms with Gasteiger partial charge in [0, 0.05) is 19.1 Å². The monoisotopic (exact) mass is 292 g/mol. The zero-order valence-corrected chi connectivity index (χ0v) is 12.6. The molecule has 5 heteroatoms. The molecule has 1 aromatic rings.